The van der Waals surface area contributed by atoms with Crippen LogP contribution < -0.4 is 40.5 Å². The predicted octanol–water partition coefficient (Wildman–Crippen LogP) is 8.88. The van der Waals surface area contributed by atoms with Gasteiger partial charge in [0, 0.05) is 61.8 Å². The summed E-state index contributed by atoms with van der Waals surface area (Å²) in [6.45, 7) is 4.24. The van der Waals surface area contributed by atoms with E-state index in [1.54, 1.807) is 24.3 Å². The van der Waals surface area contributed by atoms with E-state index < -0.39 is 48.0 Å². The van der Waals surface area contributed by atoms with Crippen molar-refractivity contribution in [3.8, 4) is 11.5 Å². The van der Waals surface area contributed by atoms with Crippen molar-refractivity contribution in [2.45, 2.75) is 160 Å². The van der Waals surface area contributed by atoms with Crippen LogP contribution >= 0.6 is 0 Å². The van der Waals surface area contributed by atoms with Crippen molar-refractivity contribution in [3.63, 3.8) is 0 Å². The first-order valence-corrected chi connectivity index (χ1v) is 27.3. The molecular weight excluding hydrogens is 1050 g/mol. The summed E-state index contributed by atoms with van der Waals surface area (Å²) in [5.41, 5.74) is -1.61. The van der Waals surface area contributed by atoms with Gasteiger partial charge in [-0.25, -0.2) is 13.6 Å². The highest BCUT2D eigenvalue weighted by Crippen LogP contribution is 2.29. The van der Waals surface area contributed by atoms with E-state index in [0.29, 0.717) is 71.2 Å². The van der Waals surface area contributed by atoms with E-state index in [2.05, 4.69) is 79.0 Å². The number of aromatic nitrogens is 6. The van der Waals surface area contributed by atoms with E-state index in [-0.39, 0.29) is 26.4 Å². The van der Waals surface area contributed by atoms with Gasteiger partial charge in [0.15, 0.2) is 28.7 Å². The van der Waals surface area contributed by atoms with Gasteiger partial charge in [0.05, 0.1) is 27.1 Å². The van der Waals surface area contributed by atoms with Gasteiger partial charge in [-0.1, -0.05) is 66.2 Å². The molecule has 2 aromatic heterocycles. The van der Waals surface area contributed by atoms with Gasteiger partial charge in [-0.2, -0.15) is 29.9 Å². The van der Waals surface area contributed by atoms with Gasteiger partial charge in [0.2, 0.25) is 35.7 Å². The number of methoxy groups -OCH3 is 2. The van der Waals surface area contributed by atoms with Gasteiger partial charge in [0.25, 0.3) is 0 Å². The summed E-state index contributed by atoms with van der Waals surface area (Å²) >= 11 is 0. The molecule has 0 unspecified atom stereocenters. The molecule has 0 spiro atoms. The number of piperidine rings is 2. The van der Waals surface area contributed by atoms with Crippen molar-refractivity contribution in [1.82, 2.24) is 39.7 Å². The molecule has 8 N–H and O–H groups in total. The molecule has 25 heteroatoms. The first-order valence-electron chi connectivity index (χ1n) is 27.3. The van der Waals surface area contributed by atoms with Crippen LogP contribution in [0.1, 0.15) is 130 Å². The number of carbonyl (C=O) groups is 3. The average Bonchev–Trinajstić information content (AvgIpc) is 3.85. The maximum absolute atomic E-state index is 14.2. The second kappa shape index (κ2) is 32.5. The fourth-order valence-electron chi connectivity index (χ4n) is 10.1. The number of likely N-dealkylation sites (tertiary alicyclic amines) is 2. The number of anilines is 8. The molecule has 2 saturated carbocycles. The molecular formula is C56H88F2N14O9. The highest BCUT2D eigenvalue weighted by Gasteiger charge is 2.41. The van der Waals surface area contributed by atoms with Crippen LogP contribution in [0.25, 0.3) is 0 Å². The molecule has 23 nitrogen and oxygen atoms in total. The number of ether oxygens (including phenoxy) is 2. The second-order valence-electron chi connectivity index (χ2n) is 20.9. The summed E-state index contributed by atoms with van der Waals surface area (Å²) in [5.74, 6) is -2.26. The summed E-state index contributed by atoms with van der Waals surface area (Å²) in [6, 6.07) is 11.0. The third-order valence-electron chi connectivity index (χ3n) is 14.8. The molecule has 8 rings (SSSR count). The summed E-state index contributed by atoms with van der Waals surface area (Å²) in [6.07, 6.45) is 16.5. The number of rotatable bonds is 19. The van der Waals surface area contributed by atoms with Gasteiger partial charge in [0.1, 0.15) is 0 Å². The SMILES string of the molecule is C.C.COc1ccc(Nc2nc(NC3CCCCCC3)nc(N(C)C3CCN(C)CC3)n2)cc1F.COc1ccc(Nc2nc(NC3CCCCCC3)nc(N(C)C3CCN(C)CC3)n2)cc1F.O=C(O)CC(O)(CC(=O)O)C(=O)O. The molecule has 0 bridgehead atoms. The lowest BCUT2D eigenvalue weighted by Gasteiger charge is -2.35. The van der Waals surface area contributed by atoms with Crippen LogP contribution in [-0.2, 0) is 14.4 Å². The Bertz CT molecular complexity index is 2430. The molecule has 2 aliphatic heterocycles. The number of hydrogen-bond donors (Lipinski definition) is 8. The maximum atomic E-state index is 14.2. The van der Waals surface area contributed by atoms with Crippen LogP contribution in [-0.4, -0.2) is 176 Å². The van der Waals surface area contributed by atoms with Crippen molar-refractivity contribution in [3.05, 3.63) is 48.0 Å². The molecule has 4 heterocycles. The number of nitrogens with one attached hydrogen (secondary N) is 4. The van der Waals surface area contributed by atoms with Crippen LogP contribution in [0.3, 0.4) is 0 Å². The minimum atomic E-state index is -2.74. The van der Waals surface area contributed by atoms with Gasteiger partial charge < -0.3 is 70.8 Å². The Morgan fingerprint density at radius 1 is 0.568 bits per heavy atom. The lowest BCUT2D eigenvalue weighted by molar-refractivity contribution is -0.170. The molecule has 2 aliphatic carbocycles. The Labute approximate surface area is 475 Å². The summed E-state index contributed by atoms with van der Waals surface area (Å²) in [5, 5.41) is 47.2. The monoisotopic (exact) mass is 1140 g/mol. The minimum Gasteiger partial charge on any atom is -0.494 e. The third-order valence-corrected chi connectivity index (χ3v) is 14.8. The zero-order valence-electron chi connectivity index (χ0n) is 46.4. The Morgan fingerprint density at radius 3 is 1.20 bits per heavy atom. The number of carboxylic acids is 3. The molecule has 4 aliphatic rings. The molecule has 2 aromatic carbocycles. The van der Waals surface area contributed by atoms with Crippen molar-refractivity contribution in [2.75, 3.05) is 99.7 Å². The predicted molar refractivity (Wildman–Crippen MR) is 311 cm³/mol. The van der Waals surface area contributed by atoms with E-state index in [0.717, 1.165) is 77.5 Å². The average molecular weight is 1140 g/mol. The van der Waals surface area contributed by atoms with Crippen LogP contribution in [0.5, 0.6) is 11.5 Å². The zero-order chi connectivity index (χ0) is 57.1. The smallest absolute Gasteiger partial charge is 0.336 e. The van der Waals surface area contributed by atoms with Gasteiger partial charge in [-0.3, -0.25) is 9.59 Å². The first-order chi connectivity index (χ1) is 37.8. The van der Waals surface area contributed by atoms with E-state index in [9.17, 15) is 23.2 Å². The van der Waals surface area contributed by atoms with Crippen LogP contribution in [0.2, 0.25) is 0 Å². The molecule has 0 radical (unpaired) electrons. The number of carboxylic acid groups (broad SMARTS) is 3. The number of halogens is 2. The van der Waals surface area contributed by atoms with E-state index in [1.807, 2.05) is 0 Å². The Morgan fingerprint density at radius 2 is 0.901 bits per heavy atom. The molecule has 2 saturated heterocycles. The normalized spacial score (nSPS) is 16.9. The fraction of sp³-hybridized carbons (Fsp3) is 0.625. The number of nitrogens with zero attached hydrogens (tertiary/aromatic N) is 10. The molecule has 4 fully saturated rings. The lowest BCUT2D eigenvalue weighted by Crippen LogP contribution is -2.42. The minimum absolute atomic E-state index is 0. The third kappa shape index (κ3) is 20.8. The largest absolute Gasteiger partial charge is 0.494 e. The summed E-state index contributed by atoms with van der Waals surface area (Å²) in [4.78, 5) is 67.7. The Balaban J connectivity index is 0.000000282. The number of hydrogen-bond acceptors (Lipinski definition) is 20. The van der Waals surface area contributed by atoms with E-state index in [4.69, 9.17) is 49.8 Å². The standard InChI is InChI=1S/2C24H36FN7O.C6H8O7.2CH4/c2*1-31-14-12-19(13-15-31)32(2)24-29-22(26-17-8-6-4-5-7-9-17)28-23(30-24)27-18-10-11-21(33-3)20(25)16-18;7-3(8)1-6(13,5(11)12)2-4(9)10;;/h2*10-11,16-17,19H,4-9,12-15H2,1-3H3,(H2,26,27,28,29,30);13H,1-2H2,(H,7,8)(H,9,10)(H,11,12);2*1H4. The van der Waals surface area contributed by atoms with E-state index in [1.165, 1.54) is 77.7 Å². The quantitative estimate of drug-likeness (QED) is 0.0407. The first kappa shape index (κ1) is 66.5. The number of aliphatic hydroxyl groups is 1. The van der Waals surface area contributed by atoms with Crippen molar-refractivity contribution >= 4 is 65.0 Å². The lowest BCUT2D eigenvalue weighted by atomic mass is 9.96. The van der Waals surface area contributed by atoms with E-state index >= 15 is 0 Å². The zero-order valence-corrected chi connectivity index (χ0v) is 46.4. The number of benzene rings is 2. The molecule has 4 aromatic rings. The molecule has 0 atom stereocenters. The Kier molecular flexibility index (Phi) is 26.7. The van der Waals surface area contributed by atoms with Gasteiger partial charge in [-0.05, 0) is 116 Å². The molecule has 0 amide bonds. The molecule has 81 heavy (non-hydrogen) atoms. The van der Waals surface area contributed by atoms with Gasteiger partial charge in [-0.15, -0.1) is 0 Å². The topological polar surface area (TPSA) is 289 Å². The summed E-state index contributed by atoms with van der Waals surface area (Å²) in [7, 11) is 11.3. The van der Waals surface area contributed by atoms with Crippen molar-refractivity contribution in [2.24, 2.45) is 0 Å². The maximum Gasteiger partial charge on any atom is 0.336 e. The summed E-state index contributed by atoms with van der Waals surface area (Å²) < 4.78 is 38.5. The van der Waals surface area contributed by atoms with Crippen LogP contribution in [0.4, 0.5) is 55.8 Å². The highest BCUT2D eigenvalue weighted by atomic mass is 19.1. The molecule has 450 valence electrons. The fourth-order valence-corrected chi connectivity index (χ4v) is 10.1. The van der Waals surface area contributed by atoms with Crippen LogP contribution in [0, 0.1) is 11.6 Å². The van der Waals surface area contributed by atoms with Crippen molar-refractivity contribution < 1.29 is 53.1 Å². The van der Waals surface area contributed by atoms with Gasteiger partial charge >= 0.3 is 17.9 Å². The highest BCUT2D eigenvalue weighted by molar-refractivity contribution is 5.88. The Hall–Kier alpha value is -6.99. The number of aliphatic carboxylic acids is 3. The second-order valence-corrected chi connectivity index (χ2v) is 20.9. The van der Waals surface area contributed by atoms with Crippen molar-refractivity contribution in [1.29, 1.82) is 0 Å². The van der Waals surface area contributed by atoms with Crippen LogP contribution in [0.15, 0.2) is 36.4 Å².